The van der Waals surface area contributed by atoms with Gasteiger partial charge in [-0.3, -0.25) is 4.52 Å². The highest BCUT2D eigenvalue weighted by Gasteiger charge is 2.88. The minimum Gasteiger partial charge on any atom is -0.382 e. The van der Waals surface area contributed by atoms with E-state index in [9.17, 15) is 18.5 Å². The first-order chi connectivity index (χ1) is 11.1. The Morgan fingerprint density at radius 2 is 2.21 bits per heavy atom. The van der Waals surface area contributed by atoms with Crippen LogP contribution in [0.25, 0.3) is 11.2 Å². The van der Waals surface area contributed by atoms with Gasteiger partial charge in [-0.25, -0.2) is 14.5 Å². The molecule has 0 aromatic carbocycles. The Hall–Kier alpha value is -1.44. The van der Waals surface area contributed by atoms with Gasteiger partial charge in [0.2, 0.25) is 6.23 Å². The van der Waals surface area contributed by atoms with Gasteiger partial charge in [0, 0.05) is 0 Å². The van der Waals surface area contributed by atoms with Crippen LogP contribution in [0.15, 0.2) is 6.33 Å². The number of alkyl halides is 2. The van der Waals surface area contributed by atoms with Gasteiger partial charge in [0.25, 0.3) is 0 Å². The minimum absolute atomic E-state index is 0.00696. The van der Waals surface area contributed by atoms with Crippen molar-refractivity contribution < 1.29 is 32.6 Å². The summed E-state index contributed by atoms with van der Waals surface area (Å²) in [5.41, 5.74) is 2.64. The van der Waals surface area contributed by atoms with Crippen molar-refractivity contribution in [2.24, 2.45) is 0 Å². The normalized spacial score (nSPS) is 36.5. The average Bonchev–Trinajstić information content (AvgIpc) is 2.80. The largest absolute Gasteiger partial charge is 0.384 e. The van der Waals surface area contributed by atoms with Crippen LogP contribution in [0.3, 0.4) is 0 Å². The predicted octanol–water partition coefficient (Wildman–Crippen LogP) is -0.504. The SMILES string of the molecule is Nc1ncnc2c1nnn2[C@@H]1O[C@@H]2C(OP(=O)(O)S)[C@]2(O)C1(F)F. The Morgan fingerprint density at radius 1 is 1.50 bits per heavy atom. The number of halogens is 2. The third-order valence-electron chi connectivity index (χ3n) is 3.92. The molecule has 15 heteroatoms. The fourth-order valence-corrected chi connectivity index (χ4v) is 3.60. The molecule has 4 rings (SSSR count). The molecule has 1 aliphatic carbocycles. The van der Waals surface area contributed by atoms with Gasteiger partial charge in [-0.05, 0) is 0 Å². The lowest BCUT2D eigenvalue weighted by Gasteiger charge is -2.26. The summed E-state index contributed by atoms with van der Waals surface area (Å²) in [5.74, 6) is -3.97. The number of nitrogens with zero attached hydrogens (tertiary/aromatic N) is 5. The molecule has 2 aromatic rings. The van der Waals surface area contributed by atoms with Gasteiger partial charge >= 0.3 is 12.7 Å². The lowest BCUT2D eigenvalue weighted by molar-refractivity contribution is -0.196. The molecule has 1 aliphatic heterocycles. The molecule has 2 fully saturated rings. The molecule has 1 saturated carbocycles. The monoisotopic (exact) mass is 382 g/mol. The quantitative estimate of drug-likeness (QED) is 0.402. The standard InChI is InChI=1S/C9H9F2N6O5PS/c10-9(11)7(17-6-2(15-16-17)5(12)13-1-14-6)21-3-4(8(3,9)18)22-23(19,20)24/h1,3-4,7,18H,(H2,12,13,14)(H2,19,20,24)/t3-,4?,7-,8+/m1/s1. The van der Waals surface area contributed by atoms with Gasteiger partial charge in [-0.2, -0.15) is 13.5 Å². The van der Waals surface area contributed by atoms with Crippen LogP contribution in [0, 0.1) is 0 Å². The van der Waals surface area contributed by atoms with Crippen molar-refractivity contribution in [3.05, 3.63) is 6.33 Å². The van der Waals surface area contributed by atoms with E-state index < -0.39 is 36.8 Å². The van der Waals surface area contributed by atoms with Gasteiger partial charge in [0.1, 0.15) is 18.5 Å². The molecule has 11 nitrogen and oxygen atoms in total. The second-order valence-electron chi connectivity index (χ2n) is 5.34. The number of hydrogen-bond acceptors (Lipinski definition) is 9. The molecular weight excluding hydrogens is 373 g/mol. The summed E-state index contributed by atoms with van der Waals surface area (Å²) in [7, 11) is 0. The molecule has 4 N–H and O–H groups in total. The molecule has 0 bridgehead atoms. The van der Waals surface area contributed by atoms with Crippen LogP contribution in [-0.2, 0) is 13.8 Å². The van der Waals surface area contributed by atoms with E-state index in [4.69, 9.17) is 15.4 Å². The van der Waals surface area contributed by atoms with E-state index in [1.54, 1.807) is 0 Å². The average molecular weight is 382 g/mol. The summed E-state index contributed by atoms with van der Waals surface area (Å²) in [6.07, 6.45) is -4.26. The third kappa shape index (κ3) is 1.95. The maximum absolute atomic E-state index is 14.6. The van der Waals surface area contributed by atoms with E-state index >= 15 is 0 Å². The maximum atomic E-state index is 14.6. The topological polar surface area (TPSA) is 158 Å². The smallest absolute Gasteiger partial charge is 0.382 e. The van der Waals surface area contributed by atoms with Crippen molar-refractivity contribution in [2.45, 2.75) is 30.0 Å². The highest BCUT2D eigenvalue weighted by Crippen LogP contribution is 2.67. The second kappa shape index (κ2) is 4.59. The van der Waals surface area contributed by atoms with Crippen molar-refractivity contribution in [1.29, 1.82) is 0 Å². The number of ether oxygens (including phenoxy) is 1. The third-order valence-corrected chi connectivity index (χ3v) is 4.70. The predicted molar refractivity (Wildman–Crippen MR) is 75.0 cm³/mol. The number of aliphatic hydroxyl groups is 1. The number of fused-ring (bicyclic) bond motifs is 2. The van der Waals surface area contributed by atoms with Crippen LogP contribution in [0.4, 0.5) is 14.6 Å². The molecule has 0 amide bonds. The van der Waals surface area contributed by atoms with E-state index in [1.165, 1.54) is 0 Å². The number of thiol groups is 1. The minimum atomic E-state index is -4.39. The number of nitrogens with two attached hydrogens (primary N) is 1. The molecule has 2 unspecified atom stereocenters. The highest BCUT2D eigenvalue weighted by atomic mass is 32.7. The molecule has 0 radical (unpaired) electrons. The first-order valence-electron chi connectivity index (χ1n) is 6.38. The summed E-state index contributed by atoms with van der Waals surface area (Å²) in [4.78, 5) is 16.5. The van der Waals surface area contributed by atoms with E-state index in [0.29, 0.717) is 4.68 Å². The second-order valence-corrected chi connectivity index (χ2v) is 8.05. The first-order valence-corrected chi connectivity index (χ1v) is 9.11. The summed E-state index contributed by atoms with van der Waals surface area (Å²) < 4.78 is 50.6. The number of anilines is 1. The van der Waals surface area contributed by atoms with Crippen molar-refractivity contribution in [1.82, 2.24) is 25.0 Å². The molecule has 1 saturated heterocycles. The van der Waals surface area contributed by atoms with E-state index in [-0.39, 0.29) is 17.0 Å². The first kappa shape index (κ1) is 16.1. The van der Waals surface area contributed by atoms with Crippen LogP contribution >= 0.6 is 19.0 Å². The number of aromatic nitrogens is 5. The van der Waals surface area contributed by atoms with Gasteiger partial charge in [0.15, 0.2) is 22.6 Å². The molecule has 2 aromatic heterocycles. The zero-order valence-electron chi connectivity index (χ0n) is 11.4. The van der Waals surface area contributed by atoms with E-state index in [0.717, 1.165) is 6.33 Å². The fraction of sp³-hybridized carbons (Fsp3) is 0.556. The van der Waals surface area contributed by atoms with Gasteiger partial charge in [-0.15, -0.1) is 5.10 Å². The van der Waals surface area contributed by atoms with Crippen molar-refractivity contribution in [2.75, 3.05) is 5.73 Å². The van der Waals surface area contributed by atoms with Crippen molar-refractivity contribution in [3.63, 3.8) is 0 Å². The fourth-order valence-electron chi connectivity index (χ4n) is 2.72. The van der Waals surface area contributed by atoms with Crippen LogP contribution < -0.4 is 5.73 Å². The molecular formula is C9H9F2N6O5PS. The molecule has 24 heavy (non-hydrogen) atoms. The molecule has 130 valence electrons. The zero-order valence-corrected chi connectivity index (χ0v) is 13.2. The van der Waals surface area contributed by atoms with Crippen LogP contribution in [-0.4, -0.2) is 58.7 Å². The van der Waals surface area contributed by atoms with Crippen LogP contribution in [0.5, 0.6) is 0 Å². The summed E-state index contributed by atoms with van der Waals surface area (Å²) in [6.45, 7) is -4.39. The van der Waals surface area contributed by atoms with Crippen molar-refractivity contribution >= 4 is 36.0 Å². The number of rotatable bonds is 3. The Balaban J connectivity index is 1.70. The van der Waals surface area contributed by atoms with E-state index in [1.807, 2.05) is 0 Å². The Kier molecular flexibility index (Phi) is 3.07. The van der Waals surface area contributed by atoms with Gasteiger partial charge in [-0.1, -0.05) is 17.5 Å². The number of nitrogen functional groups attached to an aromatic ring is 1. The Bertz CT molecular complexity index is 892. The van der Waals surface area contributed by atoms with E-state index in [2.05, 4.69) is 37.1 Å². The van der Waals surface area contributed by atoms with Gasteiger partial charge in [0.05, 0.1) is 0 Å². The summed E-state index contributed by atoms with van der Waals surface area (Å²) >= 11 is 3.23. The van der Waals surface area contributed by atoms with Gasteiger partial charge < -0.3 is 20.5 Å². The lowest BCUT2D eigenvalue weighted by atomic mass is 10.1. The maximum Gasteiger partial charge on any atom is 0.384 e. The Labute approximate surface area is 136 Å². The zero-order chi connectivity index (χ0) is 17.5. The molecule has 5 atom stereocenters. The molecule has 0 spiro atoms. The molecule has 2 aliphatic rings. The Morgan fingerprint density at radius 3 is 2.79 bits per heavy atom. The number of hydrogen-bond donors (Lipinski definition) is 4. The summed E-state index contributed by atoms with van der Waals surface area (Å²) in [6, 6.07) is 0. The highest BCUT2D eigenvalue weighted by molar-refractivity contribution is 8.44. The summed E-state index contributed by atoms with van der Waals surface area (Å²) in [5, 5.41) is 17.3. The van der Waals surface area contributed by atoms with Crippen LogP contribution in [0.1, 0.15) is 6.23 Å². The van der Waals surface area contributed by atoms with Crippen LogP contribution in [0.2, 0.25) is 0 Å². The van der Waals surface area contributed by atoms with Crippen molar-refractivity contribution in [3.8, 4) is 0 Å². The lowest BCUT2D eigenvalue weighted by Crippen LogP contribution is -2.44. The molecule has 3 heterocycles.